The van der Waals surface area contributed by atoms with Crippen LogP contribution in [0, 0.1) is 11.2 Å². The van der Waals surface area contributed by atoms with Gasteiger partial charge in [0.2, 0.25) is 0 Å². The highest BCUT2D eigenvalue weighted by molar-refractivity contribution is 5.95. The first-order valence-corrected chi connectivity index (χ1v) is 12.7. The average molecular weight is 545 g/mol. The normalized spacial score (nSPS) is 11.8. The molecule has 0 amide bonds. The predicted molar refractivity (Wildman–Crippen MR) is 154 cm³/mol. The predicted octanol–water partition coefficient (Wildman–Crippen LogP) is 3.64. The number of halogens is 1. The van der Waals surface area contributed by atoms with Crippen molar-refractivity contribution in [3.8, 4) is 11.6 Å². The average Bonchev–Trinajstić information content (AvgIpc) is 3.32. The maximum absolute atomic E-state index is 16.2. The molecule has 0 aliphatic rings. The maximum Gasteiger partial charge on any atom is 0.349 e. The minimum atomic E-state index is -0.903. The van der Waals surface area contributed by atoms with E-state index >= 15 is 4.39 Å². The van der Waals surface area contributed by atoms with Gasteiger partial charge in [-0.15, -0.1) is 5.10 Å². The second-order valence-electron chi connectivity index (χ2n) is 9.61. The number of aromatic nitrogens is 4. The number of nitrogens with zero attached hydrogens (tertiary/aromatic N) is 4. The monoisotopic (exact) mass is 544 g/mol. The van der Waals surface area contributed by atoms with E-state index in [4.69, 9.17) is 15.9 Å². The number of nitrogen functional groups attached to an aromatic ring is 1. The lowest BCUT2D eigenvalue weighted by Gasteiger charge is -2.22. The van der Waals surface area contributed by atoms with E-state index < -0.39 is 17.5 Å². The van der Waals surface area contributed by atoms with E-state index in [1.807, 2.05) is 25.9 Å². The Morgan fingerprint density at radius 3 is 2.62 bits per heavy atom. The molecule has 0 bridgehead atoms. The first-order valence-electron chi connectivity index (χ1n) is 12.7. The summed E-state index contributed by atoms with van der Waals surface area (Å²) in [6.07, 6.45) is 2.18. The summed E-state index contributed by atoms with van der Waals surface area (Å²) in [7, 11) is 3.84. The highest BCUT2D eigenvalue weighted by Gasteiger charge is 2.26. The van der Waals surface area contributed by atoms with Crippen molar-refractivity contribution in [1.82, 2.24) is 24.6 Å². The molecule has 11 heteroatoms. The van der Waals surface area contributed by atoms with Crippen LogP contribution < -0.4 is 21.5 Å². The number of rotatable bonds is 12. The number of aromatic amines is 1. The van der Waals surface area contributed by atoms with Crippen molar-refractivity contribution in [3.05, 3.63) is 112 Å². The van der Waals surface area contributed by atoms with Crippen molar-refractivity contribution >= 4 is 11.5 Å². The third-order valence-corrected chi connectivity index (χ3v) is 6.10. The van der Waals surface area contributed by atoms with E-state index in [1.54, 1.807) is 60.8 Å². The standard InChI is InChI=1S/C29H33FN8O2/c1-5-19-14-22(25(30)23(15-19)40-17-18(2)16-37(3)4)26(34-21-11-9-20(10-12-21)27(31)32)28-35-29(39)38(36-28)24-8-6-7-13-33-24/h6-15,26,34H,2,5,16-17H2,1,3-4H3,(H3,31,32)(H,35,36,39). The molecule has 0 aliphatic carbocycles. The molecule has 5 N–H and O–H groups in total. The Labute approximate surface area is 231 Å². The van der Waals surface area contributed by atoms with E-state index in [1.165, 1.54) is 0 Å². The molecule has 0 saturated heterocycles. The SMILES string of the molecule is C=C(COc1cc(CC)cc(C(Nc2ccc(C(=N)N)cc2)c2nn(-c3ccccn3)c(=O)[nH]2)c1F)CN(C)C. The summed E-state index contributed by atoms with van der Waals surface area (Å²) in [6, 6.07) is 14.4. The zero-order chi connectivity index (χ0) is 28.8. The number of anilines is 1. The fourth-order valence-electron chi connectivity index (χ4n) is 4.18. The van der Waals surface area contributed by atoms with Gasteiger partial charge in [0, 0.05) is 29.6 Å². The lowest BCUT2D eigenvalue weighted by Crippen LogP contribution is -2.19. The molecule has 10 nitrogen and oxygen atoms in total. The van der Waals surface area contributed by atoms with E-state index in [0.717, 1.165) is 15.8 Å². The quantitative estimate of drug-likeness (QED) is 0.121. The van der Waals surface area contributed by atoms with Gasteiger partial charge in [0.1, 0.15) is 18.5 Å². The highest BCUT2D eigenvalue weighted by atomic mass is 19.1. The third kappa shape index (κ3) is 6.62. The van der Waals surface area contributed by atoms with Crippen LogP contribution in [-0.4, -0.2) is 57.7 Å². The minimum absolute atomic E-state index is 0.0686. The Kier molecular flexibility index (Phi) is 8.75. The molecule has 0 radical (unpaired) electrons. The number of H-pyrrole nitrogens is 1. The van der Waals surface area contributed by atoms with Crippen LogP contribution in [-0.2, 0) is 6.42 Å². The number of benzene rings is 2. The molecule has 2 heterocycles. The largest absolute Gasteiger partial charge is 0.486 e. The second-order valence-corrected chi connectivity index (χ2v) is 9.61. The van der Waals surface area contributed by atoms with Gasteiger partial charge >= 0.3 is 5.69 Å². The first-order chi connectivity index (χ1) is 19.2. The van der Waals surface area contributed by atoms with Crippen LogP contribution in [0.15, 0.2) is 77.7 Å². The Balaban J connectivity index is 1.79. The summed E-state index contributed by atoms with van der Waals surface area (Å²) in [5, 5.41) is 15.4. The van der Waals surface area contributed by atoms with Crippen LogP contribution >= 0.6 is 0 Å². The topological polar surface area (TPSA) is 138 Å². The number of hydrogen-bond donors (Lipinski definition) is 4. The molecular weight excluding hydrogens is 511 g/mol. The molecule has 0 saturated carbocycles. The van der Waals surface area contributed by atoms with Gasteiger partial charge < -0.3 is 20.7 Å². The Hall–Kier alpha value is -4.77. The molecule has 4 aromatic rings. The molecular formula is C29H33FN8O2. The fraction of sp³-hybridized carbons (Fsp3) is 0.241. The molecule has 40 heavy (non-hydrogen) atoms. The van der Waals surface area contributed by atoms with Crippen LogP contribution in [0.5, 0.6) is 5.75 Å². The number of hydrogen-bond acceptors (Lipinski definition) is 7. The molecule has 0 fully saturated rings. The van der Waals surface area contributed by atoms with E-state index in [0.29, 0.717) is 30.0 Å². The number of pyridine rings is 1. The van der Waals surface area contributed by atoms with Gasteiger partial charge in [-0.2, -0.15) is 4.68 Å². The number of amidine groups is 1. The van der Waals surface area contributed by atoms with Gasteiger partial charge in [-0.3, -0.25) is 10.4 Å². The van der Waals surface area contributed by atoms with Gasteiger partial charge in [-0.1, -0.05) is 25.6 Å². The number of aryl methyl sites for hydroxylation is 1. The molecule has 0 spiro atoms. The van der Waals surface area contributed by atoms with Gasteiger partial charge in [-0.25, -0.2) is 14.2 Å². The summed E-state index contributed by atoms with van der Waals surface area (Å²) in [4.78, 5) is 21.8. The van der Waals surface area contributed by atoms with Crippen LogP contribution in [0.2, 0.25) is 0 Å². The lowest BCUT2D eigenvalue weighted by molar-refractivity contribution is 0.315. The van der Waals surface area contributed by atoms with E-state index in [9.17, 15) is 4.79 Å². The Morgan fingerprint density at radius 2 is 2.00 bits per heavy atom. The molecule has 2 aromatic carbocycles. The smallest absolute Gasteiger partial charge is 0.349 e. The van der Waals surface area contributed by atoms with Crippen molar-refractivity contribution < 1.29 is 9.13 Å². The molecule has 1 unspecified atom stereocenters. The second kappa shape index (κ2) is 12.4. The fourth-order valence-corrected chi connectivity index (χ4v) is 4.18. The van der Waals surface area contributed by atoms with E-state index in [2.05, 4.69) is 27.0 Å². The summed E-state index contributed by atoms with van der Waals surface area (Å²) < 4.78 is 23.2. The van der Waals surface area contributed by atoms with Crippen molar-refractivity contribution in [1.29, 1.82) is 5.41 Å². The number of likely N-dealkylation sites (N-methyl/N-ethyl adjacent to an activating group) is 1. The highest BCUT2D eigenvalue weighted by Crippen LogP contribution is 2.33. The maximum atomic E-state index is 16.2. The van der Waals surface area contributed by atoms with E-state index in [-0.39, 0.29) is 29.6 Å². The minimum Gasteiger partial charge on any atom is -0.486 e. The number of ether oxygens (including phenoxy) is 1. The molecule has 2 aromatic heterocycles. The molecule has 1 atom stereocenters. The summed E-state index contributed by atoms with van der Waals surface area (Å²) in [6.45, 7) is 6.74. The zero-order valence-corrected chi connectivity index (χ0v) is 22.7. The third-order valence-electron chi connectivity index (χ3n) is 6.10. The van der Waals surface area contributed by atoms with Crippen molar-refractivity contribution in [2.45, 2.75) is 19.4 Å². The molecule has 4 rings (SSSR count). The first kappa shape index (κ1) is 28.2. The van der Waals surface area contributed by atoms with Crippen LogP contribution in [0.1, 0.15) is 35.5 Å². The Morgan fingerprint density at radius 1 is 1.25 bits per heavy atom. The van der Waals surface area contributed by atoms with Gasteiger partial charge in [0.15, 0.2) is 23.2 Å². The van der Waals surface area contributed by atoms with Crippen LogP contribution in [0.3, 0.4) is 0 Å². The van der Waals surface area contributed by atoms with Crippen LogP contribution in [0.25, 0.3) is 5.82 Å². The van der Waals surface area contributed by atoms with Gasteiger partial charge in [0.25, 0.3) is 0 Å². The van der Waals surface area contributed by atoms with Gasteiger partial charge in [0.05, 0.1) is 0 Å². The summed E-state index contributed by atoms with van der Waals surface area (Å²) in [5.41, 5.74) is 8.11. The van der Waals surface area contributed by atoms with Crippen molar-refractivity contribution in [3.63, 3.8) is 0 Å². The van der Waals surface area contributed by atoms with Gasteiger partial charge in [-0.05, 0) is 74.1 Å². The lowest BCUT2D eigenvalue weighted by atomic mass is 10.00. The number of nitrogens with two attached hydrogens (primary N) is 1. The summed E-state index contributed by atoms with van der Waals surface area (Å²) in [5.74, 6) is -0.0616. The molecule has 0 aliphatic heterocycles. The number of nitrogens with one attached hydrogen (secondary N) is 3. The Bertz CT molecular complexity index is 1540. The van der Waals surface area contributed by atoms with Crippen LogP contribution in [0.4, 0.5) is 10.1 Å². The zero-order valence-electron chi connectivity index (χ0n) is 22.7. The van der Waals surface area contributed by atoms with Crippen molar-refractivity contribution in [2.24, 2.45) is 5.73 Å². The summed E-state index contributed by atoms with van der Waals surface area (Å²) >= 11 is 0. The molecule has 208 valence electrons. The van der Waals surface area contributed by atoms with Crippen molar-refractivity contribution in [2.75, 3.05) is 32.6 Å².